The average molecular weight is 271 g/mol. The van der Waals surface area contributed by atoms with E-state index in [-0.39, 0.29) is 11.9 Å². The molecule has 1 aromatic heterocycles. The van der Waals surface area contributed by atoms with Crippen LogP contribution in [0.2, 0.25) is 0 Å². The Hall–Kier alpha value is -2.14. The van der Waals surface area contributed by atoms with E-state index in [1.54, 1.807) is 24.9 Å². The second kappa shape index (κ2) is 4.76. The Morgan fingerprint density at radius 2 is 2.20 bits per heavy atom. The molecule has 1 amide bonds. The summed E-state index contributed by atoms with van der Waals surface area (Å²) in [6.45, 7) is 1.80. The Bertz CT molecular complexity index is 663. The van der Waals surface area contributed by atoms with Crippen molar-refractivity contribution in [1.29, 1.82) is 0 Å². The van der Waals surface area contributed by atoms with Crippen molar-refractivity contribution in [3.63, 3.8) is 0 Å². The summed E-state index contributed by atoms with van der Waals surface area (Å²) in [6.07, 6.45) is 1.69. The normalized spacial score (nSPS) is 20.8. The van der Waals surface area contributed by atoms with Crippen LogP contribution in [-0.2, 0) is 13.5 Å². The number of nitrogens with zero attached hydrogens (tertiary/aromatic N) is 2. The van der Waals surface area contributed by atoms with E-state index in [0.29, 0.717) is 17.7 Å². The first-order valence-corrected chi connectivity index (χ1v) is 6.63. The largest absolute Gasteiger partial charge is 0.390 e. The van der Waals surface area contributed by atoms with Crippen molar-refractivity contribution in [2.24, 2.45) is 7.05 Å². The number of aliphatic hydroxyl groups excluding tert-OH is 1. The molecule has 104 valence electrons. The number of hydrogen-bond donors (Lipinski definition) is 2. The van der Waals surface area contributed by atoms with Gasteiger partial charge in [-0.1, -0.05) is 24.3 Å². The van der Waals surface area contributed by atoms with Crippen LogP contribution in [0.1, 0.15) is 33.2 Å². The molecule has 2 atom stereocenters. The van der Waals surface area contributed by atoms with E-state index in [1.165, 1.54) is 0 Å². The maximum Gasteiger partial charge on any atom is 0.255 e. The summed E-state index contributed by atoms with van der Waals surface area (Å²) in [5.74, 6) is -0.198. The molecule has 0 saturated heterocycles. The number of benzene rings is 1. The van der Waals surface area contributed by atoms with Crippen LogP contribution in [0.25, 0.3) is 0 Å². The van der Waals surface area contributed by atoms with Gasteiger partial charge in [0.15, 0.2) is 0 Å². The Morgan fingerprint density at radius 1 is 1.45 bits per heavy atom. The smallest absolute Gasteiger partial charge is 0.255 e. The number of aromatic nitrogens is 2. The summed E-state index contributed by atoms with van der Waals surface area (Å²) in [7, 11) is 1.78. The van der Waals surface area contributed by atoms with Gasteiger partial charge in [-0.25, -0.2) is 0 Å². The minimum Gasteiger partial charge on any atom is -0.390 e. The molecule has 0 aliphatic heterocycles. The molecular formula is C15H17N3O2. The van der Waals surface area contributed by atoms with E-state index in [0.717, 1.165) is 11.1 Å². The molecule has 0 unspecified atom stereocenters. The van der Waals surface area contributed by atoms with Gasteiger partial charge < -0.3 is 10.4 Å². The van der Waals surface area contributed by atoms with Crippen LogP contribution >= 0.6 is 0 Å². The van der Waals surface area contributed by atoms with Gasteiger partial charge in [0.1, 0.15) is 0 Å². The number of rotatable bonds is 2. The van der Waals surface area contributed by atoms with Crippen molar-refractivity contribution in [2.75, 3.05) is 0 Å². The predicted octanol–water partition coefficient (Wildman–Crippen LogP) is 1.12. The molecule has 3 rings (SSSR count). The second-order valence-corrected chi connectivity index (χ2v) is 5.22. The van der Waals surface area contributed by atoms with E-state index >= 15 is 0 Å². The van der Waals surface area contributed by atoms with Crippen LogP contribution in [0, 0.1) is 6.92 Å². The van der Waals surface area contributed by atoms with E-state index in [4.69, 9.17) is 0 Å². The maximum atomic E-state index is 12.3. The summed E-state index contributed by atoms with van der Waals surface area (Å²) < 4.78 is 1.61. The van der Waals surface area contributed by atoms with Crippen molar-refractivity contribution in [3.8, 4) is 0 Å². The summed E-state index contributed by atoms with van der Waals surface area (Å²) >= 11 is 0. The molecule has 0 saturated carbocycles. The topological polar surface area (TPSA) is 67.2 Å². The Labute approximate surface area is 117 Å². The Kier molecular flexibility index (Phi) is 3.06. The molecule has 5 heteroatoms. The molecule has 1 heterocycles. The third kappa shape index (κ3) is 2.10. The van der Waals surface area contributed by atoms with Crippen molar-refractivity contribution in [3.05, 3.63) is 52.8 Å². The number of fused-ring (bicyclic) bond motifs is 1. The molecule has 20 heavy (non-hydrogen) atoms. The lowest BCUT2D eigenvalue weighted by atomic mass is 10.1. The zero-order valence-corrected chi connectivity index (χ0v) is 11.5. The van der Waals surface area contributed by atoms with Crippen molar-refractivity contribution < 1.29 is 9.90 Å². The standard InChI is InChI=1S/C15H17N3O2/c1-9-12(8-18(2)17-9)15(20)16-14-11-6-4-3-5-10(11)7-13(14)19/h3-6,8,13-14,19H,7H2,1-2H3,(H,16,20)/t13-,14+/m0/s1. The molecule has 1 aliphatic rings. The van der Waals surface area contributed by atoms with Crippen molar-refractivity contribution in [2.45, 2.75) is 25.5 Å². The monoisotopic (exact) mass is 271 g/mol. The number of hydrogen-bond acceptors (Lipinski definition) is 3. The minimum atomic E-state index is -0.576. The molecule has 2 aromatic rings. The molecule has 0 bridgehead atoms. The van der Waals surface area contributed by atoms with Gasteiger partial charge in [0.25, 0.3) is 5.91 Å². The van der Waals surface area contributed by atoms with Gasteiger partial charge in [0.05, 0.1) is 23.4 Å². The highest BCUT2D eigenvalue weighted by atomic mass is 16.3. The molecule has 5 nitrogen and oxygen atoms in total. The van der Waals surface area contributed by atoms with Gasteiger partial charge in [-0.3, -0.25) is 9.48 Å². The highest BCUT2D eigenvalue weighted by molar-refractivity contribution is 5.95. The number of carbonyl (C=O) groups is 1. The third-order valence-electron chi connectivity index (χ3n) is 3.75. The van der Waals surface area contributed by atoms with Crippen molar-refractivity contribution >= 4 is 5.91 Å². The fourth-order valence-corrected chi connectivity index (χ4v) is 2.79. The Morgan fingerprint density at radius 3 is 2.90 bits per heavy atom. The van der Waals surface area contributed by atoms with E-state index < -0.39 is 6.10 Å². The Balaban J connectivity index is 1.85. The summed E-state index contributed by atoms with van der Waals surface area (Å²) in [6, 6.07) is 7.46. The predicted molar refractivity (Wildman–Crippen MR) is 74.3 cm³/mol. The first kappa shape index (κ1) is 12.9. The molecular weight excluding hydrogens is 254 g/mol. The van der Waals surface area contributed by atoms with Crippen LogP contribution in [0.4, 0.5) is 0 Å². The van der Waals surface area contributed by atoms with Crippen LogP contribution in [0.5, 0.6) is 0 Å². The van der Waals surface area contributed by atoms with E-state index in [2.05, 4.69) is 10.4 Å². The quantitative estimate of drug-likeness (QED) is 0.860. The van der Waals surface area contributed by atoms with Crippen LogP contribution in [0.15, 0.2) is 30.5 Å². The first-order chi connectivity index (χ1) is 9.56. The fourth-order valence-electron chi connectivity index (χ4n) is 2.79. The van der Waals surface area contributed by atoms with Crippen LogP contribution in [-0.4, -0.2) is 26.9 Å². The molecule has 0 fully saturated rings. The molecule has 1 aliphatic carbocycles. The van der Waals surface area contributed by atoms with Gasteiger partial charge in [-0.05, 0) is 18.1 Å². The van der Waals surface area contributed by atoms with Gasteiger partial charge >= 0.3 is 0 Å². The minimum absolute atomic E-state index is 0.198. The van der Waals surface area contributed by atoms with E-state index in [9.17, 15) is 9.90 Å². The summed E-state index contributed by atoms with van der Waals surface area (Å²) in [4.78, 5) is 12.3. The van der Waals surface area contributed by atoms with Gasteiger partial charge in [-0.15, -0.1) is 0 Å². The number of aliphatic hydroxyl groups is 1. The van der Waals surface area contributed by atoms with Gasteiger partial charge in [0, 0.05) is 19.7 Å². The summed E-state index contributed by atoms with van der Waals surface area (Å²) in [5, 5.41) is 17.2. The summed E-state index contributed by atoms with van der Waals surface area (Å²) in [5.41, 5.74) is 3.32. The molecule has 0 spiro atoms. The zero-order valence-electron chi connectivity index (χ0n) is 11.5. The lowest BCUT2D eigenvalue weighted by Crippen LogP contribution is -2.34. The average Bonchev–Trinajstić information content (AvgIpc) is 2.90. The lowest BCUT2D eigenvalue weighted by Gasteiger charge is -2.17. The van der Waals surface area contributed by atoms with Gasteiger partial charge in [0.2, 0.25) is 0 Å². The van der Waals surface area contributed by atoms with Crippen LogP contribution in [0.3, 0.4) is 0 Å². The number of nitrogens with one attached hydrogen (secondary N) is 1. The highest BCUT2D eigenvalue weighted by Crippen LogP contribution is 2.31. The van der Waals surface area contributed by atoms with Crippen molar-refractivity contribution in [1.82, 2.24) is 15.1 Å². The molecule has 0 radical (unpaired) electrons. The maximum absolute atomic E-state index is 12.3. The van der Waals surface area contributed by atoms with Crippen LogP contribution < -0.4 is 5.32 Å². The van der Waals surface area contributed by atoms with E-state index in [1.807, 2.05) is 24.3 Å². The number of amides is 1. The fraction of sp³-hybridized carbons (Fsp3) is 0.333. The molecule has 1 aromatic carbocycles. The number of carbonyl (C=O) groups excluding carboxylic acids is 1. The lowest BCUT2D eigenvalue weighted by molar-refractivity contribution is 0.0857. The molecule has 2 N–H and O–H groups in total. The zero-order chi connectivity index (χ0) is 14.3. The number of aryl methyl sites for hydroxylation is 2. The highest BCUT2D eigenvalue weighted by Gasteiger charge is 2.32. The third-order valence-corrected chi connectivity index (χ3v) is 3.75. The first-order valence-electron chi connectivity index (χ1n) is 6.63. The SMILES string of the molecule is Cc1nn(C)cc1C(=O)N[C@@H]1c2ccccc2C[C@@H]1O. The van der Waals surface area contributed by atoms with Gasteiger partial charge in [-0.2, -0.15) is 5.10 Å². The second-order valence-electron chi connectivity index (χ2n) is 5.22.